The smallest absolute Gasteiger partial charge is 0.321 e. The first-order chi connectivity index (χ1) is 10.5. The maximum atomic E-state index is 12.2. The van der Waals surface area contributed by atoms with Crippen molar-refractivity contribution < 1.29 is 14.3 Å². The minimum Gasteiger partial charge on any atom is -0.497 e. The van der Waals surface area contributed by atoms with E-state index >= 15 is 0 Å². The van der Waals surface area contributed by atoms with Crippen LogP contribution in [0, 0.1) is 5.92 Å². The highest BCUT2D eigenvalue weighted by Crippen LogP contribution is 2.20. The number of carbonyl (C=O) groups is 2. The number of amides is 3. The van der Waals surface area contributed by atoms with Crippen LogP contribution in [0.5, 0.6) is 5.75 Å². The summed E-state index contributed by atoms with van der Waals surface area (Å²) < 4.78 is 5.08. The summed E-state index contributed by atoms with van der Waals surface area (Å²) in [6, 6.07) is 7.09. The topological polar surface area (TPSA) is 61.9 Å². The Bertz CT molecular complexity index is 520. The number of likely N-dealkylation sites (tertiary alicyclic amines) is 1. The third-order valence-corrected chi connectivity index (χ3v) is 3.91. The molecule has 1 aliphatic heterocycles. The van der Waals surface area contributed by atoms with Crippen LogP contribution < -0.4 is 10.1 Å². The number of nitrogens with one attached hydrogen (secondary N) is 1. The molecule has 1 aromatic carbocycles. The van der Waals surface area contributed by atoms with Crippen molar-refractivity contribution in [2.24, 2.45) is 5.92 Å². The lowest BCUT2D eigenvalue weighted by Gasteiger charge is -2.32. The highest BCUT2D eigenvalue weighted by molar-refractivity contribution is 5.89. The van der Waals surface area contributed by atoms with Crippen LogP contribution in [0.4, 0.5) is 10.5 Å². The largest absolute Gasteiger partial charge is 0.497 e. The molecule has 0 bridgehead atoms. The summed E-state index contributed by atoms with van der Waals surface area (Å²) in [7, 11) is 5.14. The number of nitrogens with zero attached hydrogens (tertiary/aromatic N) is 2. The Balaban J connectivity index is 1.85. The van der Waals surface area contributed by atoms with E-state index in [1.807, 2.05) is 0 Å². The summed E-state index contributed by atoms with van der Waals surface area (Å²) in [5.74, 6) is 0.927. The van der Waals surface area contributed by atoms with E-state index in [4.69, 9.17) is 4.74 Å². The van der Waals surface area contributed by atoms with E-state index in [1.54, 1.807) is 55.3 Å². The predicted octanol–water partition coefficient (Wildman–Crippen LogP) is 2.03. The number of hydrogen-bond donors (Lipinski definition) is 1. The van der Waals surface area contributed by atoms with Gasteiger partial charge in [0.2, 0.25) is 5.91 Å². The van der Waals surface area contributed by atoms with Crippen LogP contribution in [0.3, 0.4) is 0 Å². The molecular formula is C16H23N3O3. The maximum Gasteiger partial charge on any atom is 0.321 e. The number of ether oxygens (including phenoxy) is 1. The molecule has 0 spiro atoms. The number of rotatable bonds is 3. The average Bonchev–Trinajstić information content (AvgIpc) is 2.55. The fourth-order valence-corrected chi connectivity index (χ4v) is 2.57. The van der Waals surface area contributed by atoms with Gasteiger partial charge in [-0.25, -0.2) is 4.79 Å². The third kappa shape index (κ3) is 3.90. The summed E-state index contributed by atoms with van der Waals surface area (Å²) >= 11 is 0. The lowest BCUT2D eigenvalue weighted by Crippen LogP contribution is -2.44. The molecule has 1 aromatic rings. The van der Waals surface area contributed by atoms with Gasteiger partial charge < -0.3 is 19.9 Å². The van der Waals surface area contributed by atoms with Gasteiger partial charge in [0.05, 0.1) is 7.11 Å². The zero-order valence-corrected chi connectivity index (χ0v) is 13.3. The Hall–Kier alpha value is -2.24. The molecular weight excluding hydrogens is 282 g/mol. The van der Waals surface area contributed by atoms with Crippen LogP contribution in [0.1, 0.15) is 12.8 Å². The van der Waals surface area contributed by atoms with Gasteiger partial charge in [0.25, 0.3) is 0 Å². The van der Waals surface area contributed by atoms with Crippen molar-refractivity contribution in [2.45, 2.75) is 12.8 Å². The molecule has 2 rings (SSSR count). The predicted molar refractivity (Wildman–Crippen MR) is 85.0 cm³/mol. The highest BCUT2D eigenvalue weighted by atomic mass is 16.5. The van der Waals surface area contributed by atoms with Gasteiger partial charge in [-0.15, -0.1) is 0 Å². The molecule has 1 saturated heterocycles. The minimum absolute atomic E-state index is 0.0278. The van der Waals surface area contributed by atoms with Crippen molar-refractivity contribution in [3.8, 4) is 5.75 Å². The molecule has 0 radical (unpaired) electrons. The summed E-state index contributed by atoms with van der Waals surface area (Å²) in [5.41, 5.74) is 0.734. The van der Waals surface area contributed by atoms with Crippen molar-refractivity contribution in [2.75, 3.05) is 39.6 Å². The molecule has 1 heterocycles. The number of urea groups is 1. The molecule has 1 N–H and O–H groups in total. The minimum atomic E-state index is -0.124. The maximum absolute atomic E-state index is 12.2. The average molecular weight is 305 g/mol. The standard InChI is InChI=1S/C16H23N3O3/c1-18(2)15(20)12-8-10-19(11-9-12)16(21)17-13-4-6-14(22-3)7-5-13/h4-7,12H,8-11H2,1-3H3,(H,17,21). The SMILES string of the molecule is COc1ccc(NC(=O)N2CCC(C(=O)N(C)C)CC2)cc1. The number of carbonyl (C=O) groups excluding carboxylic acids is 2. The Morgan fingerprint density at radius 2 is 1.77 bits per heavy atom. The molecule has 3 amide bonds. The number of piperidine rings is 1. The van der Waals surface area contributed by atoms with Crippen LogP contribution in [0.25, 0.3) is 0 Å². The molecule has 1 aliphatic rings. The van der Waals surface area contributed by atoms with Gasteiger partial charge in [0.15, 0.2) is 0 Å². The molecule has 6 heteroatoms. The second-order valence-corrected chi connectivity index (χ2v) is 5.65. The molecule has 22 heavy (non-hydrogen) atoms. The Kier molecular flexibility index (Phi) is 5.25. The van der Waals surface area contributed by atoms with E-state index < -0.39 is 0 Å². The van der Waals surface area contributed by atoms with E-state index in [9.17, 15) is 9.59 Å². The van der Waals surface area contributed by atoms with Crippen LogP contribution in [0.2, 0.25) is 0 Å². The van der Waals surface area contributed by atoms with Crippen molar-refractivity contribution in [1.29, 1.82) is 0 Å². The summed E-state index contributed by atoms with van der Waals surface area (Å²) in [6.45, 7) is 1.21. The summed E-state index contributed by atoms with van der Waals surface area (Å²) in [6.07, 6.45) is 1.43. The normalized spacial score (nSPS) is 15.3. The van der Waals surface area contributed by atoms with E-state index in [-0.39, 0.29) is 17.9 Å². The number of methoxy groups -OCH3 is 1. The fourth-order valence-electron chi connectivity index (χ4n) is 2.57. The highest BCUT2D eigenvalue weighted by Gasteiger charge is 2.28. The molecule has 0 unspecified atom stereocenters. The first kappa shape index (κ1) is 16.1. The first-order valence-corrected chi connectivity index (χ1v) is 7.42. The van der Waals surface area contributed by atoms with Crippen molar-refractivity contribution >= 4 is 17.6 Å². The Morgan fingerprint density at radius 3 is 2.27 bits per heavy atom. The van der Waals surface area contributed by atoms with Crippen LogP contribution in [-0.2, 0) is 4.79 Å². The van der Waals surface area contributed by atoms with Crippen molar-refractivity contribution in [3.05, 3.63) is 24.3 Å². The van der Waals surface area contributed by atoms with Crippen LogP contribution in [-0.4, -0.2) is 56.0 Å². The van der Waals surface area contributed by atoms with Gasteiger partial charge in [-0.2, -0.15) is 0 Å². The zero-order valence-electron chi connectivity index (χ0n) is 13.3. The first-order valence-electron chi connectivity index (χ1n) is 7.42. The van der Waals surface area contributed by atoms with Crippen LogP contribution >= 0.6 is 0 Å². The second-order valence-electron chi connectivity index (χ2n) is 5.65. The van der Waals surface area contributed by atoms with Crippen molar-refractivity contribution in [3.63, 3.8) is 0 Å². The second kappa shape index (κ2) is 7.15. The monoisotopic (exact) mass is 305 g/mol. The van der Waals surface area contributed by atoms with Gasteiger partial charge in [0, 0.05) is 38.8 Å². The van der Waals surface area contributed by atoms with Gasteiger partial charge in [0.1, 0.15) is 5.75 Å². The summed E-state index contributed by atoms with van der Waals surface area (Å²) in [4.78, 5) is 27.5. The Morgan fingerprint density at radius 1 is 1.18 bits per heavy atom. The molecule has 0 aromatic heterocycles. The molecule has 0 aliphatic carbocycles. The lowest BCUT2D eigenvalue weighted by molar-refractivity contribution is -0.134. The van der Waals surface area contributed by atoms with Gasteiger partial charge >= 0.3 is 6.03 Å². The zero-order chi connectivity index (χ0) is 16.1. The van der Waals surface area contributed by atoms with E-state index in [2.05, 4.69) is 5.32 Å². The third-order valence-electron chi connectivity index (χ3n) is 3.91. The van der Waals surface area contributed by atoms with Gasteiger partial charge in [-0.1, -0.05) is 0 Å². The lowest BCUT2D eigenvalue weighted by atomic mass is 9.96. The summed E-state index contributed by atoms with van der Waals surface area (Å²) in [5, 5.41) is 2.87. The van der Waals surface area contributed by atoms with Gasteiger partial charge in [-0.3, -0.25) is 4.79 Å². The molecule has 0 saturated carbocycles. The molecule has 0 atom stereocenters. The Labute approximate surface area is 131 Å². The number of benzene rings is 1. The van der Waals surface area contributed by atoms with Crippen molar-refractivity contribution in [1.82, 2.24) is 9.80 Å². The number of anilines is 1. The van der Waals surface area contributed by atoms with Gasteiger partial charge in [-0.05, 0) is 37.1 Å². The fraction of sp³-hybridized carbons (Fsp3) is 0.500. The van der Waals surface area contributed by atoms with E-state index in [0.717, 1.165) is 11.4 Å². The quantitative estimate of drug-likeness (QED) is 0.929. The molecule has 120 valence electrons. The molecule has 6 nitrogen and oxygen atoms in total. The van der Waals surface area contributed by atoms with E-state index in [1.165, 1.54) is 0 Å². The molecule has 1 fully saturated rings. The van der Waals surface area contributed by atoms with E-state index in [0.29, 0.717) is 25.9 Å². The number of hydrogen-bond acceptors (Lipinski definition) is 3. The van der Waals surface area contributed by atoms with Crippen LogP contribution in [0.15, 0.2) is 24.3 Å².